The monoisotopic (exact) mass is 366 g/mol. The van der Waals surface area contributed by atoms with Crippen molar-refractivity contribution in [1.82, 2.24) is 4.57 Å². The molecule has 0 spiro atoms. The number of hydrogen-bond donors (Lipinski definition) is 1. The van der Waals surface area contributed by atoms with Crippen LogP contribution in [0.5, 0.6) is 0 Å². The molecule has 0 aliphatic carbocycles. The van der Waals surface area contributed by atoms with Gasteiger partial charge in [-0.05, 0) is 56.3 Å². The zero-order valence-electron chi connectivity index (χ0n) is 15.0. The van der Waals surface area contributed by atoms with Gasteiger partial charge in [0.1, 0.15) is 5.82 Å². The number of aromatic nitrogens is 1. The molecule has 0 unspecified atom stereocenters. The molecule has 5 nitrogen and oxygen atoms in total. The van der Waals surface area contributed by atoms with Gasteiger partial charge in [-0.25, -0.2) is 9.18 Å². The van der Waals surface area contributed by atoms with E-state index in [0.29, 0.717) is 11.3 Å². The highest BCUT2D eigenvalue weighted by Gasteiger charge is 2.18. The number of ether oxygens (including phenoxy) is 1. The molecule has 1 N–H and O–H groups in total. The third-order valence-corrected chi connectivity index (χ3v) is 4.13. The number of aryl methyl sites for hydroxylation is 1. The van der Waals surface area contributed by atoms with Crippen LogP contribution in [0, 0.1) is 19.7 Å². The molecule has 27 heavy (non-hydrogen) atoms. The molecule has 0 fully saturated rings. The summed E-state index contributed by atoms with van der Waals surface area (Å²) in [6, 6.07) is 16.7. The zero-order chi connectivity index (χ0) is 19.4. The molecule has 1 amide bonds. The molecule has 1 heterocycles. The Morgan fingerprint density at radius 3 is 2.37 bits per heavy atom. The molecule has 3 aromatic rings. The molecule has 1 aromatic heterocycles. The predicted molar refractivity (Wildman–Crippen MR) is 101 cm³/mol. The fourth-order valence-electron chi connectivity index (χ4n) is 2.88. The molecule has 3 rings (SSSR count). The van der Waals surface area contributed by atoms with Crippen LogP contribution in [0.15, 0.2) is 60.7 Å². The normalized spacial score (nSPS) is 10.5. The number of nitrogens with one attached hydrogen (secondary N) is 1. The molecule has 138 valence electrons. The number of para-hydroxylation sites is 1. The highest BCUT2D eigenvalue weighted by atomic mass is 19.1. The molecular weight excluding hydrogens is 347 g/mol. The van der Waals surface area contributed by atoms with Gasteiger partial charge in [0.2, 0.25) is 0 Å². The van der Waals surface area contributed by atoms with Crippen molar-refractivity contribution in [3.05, 3.63) is 83.4 Å². The number of carbonyl (C=O) groups is 2. The quantitative estimate of drug-likeness (QED) is 0.694. The maximum absolute atomic E-state index is 12.9. The van der Waals surface area contributed by atoms with Crippen molar-refractivity contribution in [2.24, 2.45) is 0 Å². The Balaban J connectivity index is 1.66. The second kappa shape index (κ2) is 7.86. The molecule has 0 saturated carbocycles. The molecular formula is C21H19FN2O3. The Morgan fingerprint density at radius 1 is 1.04 bits per heavy atom. The van der Waals surface area contributed by atoms with Crippen LogP contribution in [0.3, 0.4) is 0 Å². The summed E-state index contributed by atoms with van der Waals surface area (Å²) in [6.07, 6.45) is 0. The fourth-order valence-corrected chi connectivity index (χ4v) is 2.88. The van der Waals surface area contributed by atoms with E-state index in [9.17, 15) is 14.0 Å². The number of hydrogen-bond acceptors (Lipinski definition) is 3. The van der Waals surface area contributed by atoms with Crippen LogP contribution in [0.1, 0.15) is 21.7 Å². The first-order valence-electron chi connectivity index (χ1n) is 8.42. The van der Waals surface area contributed by atoms with Crippen molar-refractivity contribution in [2.45, 2.75) is 13.8 Å². The molecule has 6 heteroatoms. The average molecular weight is 366 g/mol. The van der Waals surface area contributed by atoms with Crippen LogP contribution in [-0.4, -0.2) is 23.1 Å². The SMILES string of the molecule is Cc1cc(C(=O)OCC(=O)Nc2ccc(F)cc2)c(C)n1-c1ccccc1. The molecule has 0 atom stereocenters. The topological polar surface area (TPSA) is 60.3 Å². The molecule has 0 aliphatic rings. The van der Waals surface area contributed by atoms with E-state index in [2.05, 4.69) is 5.32 Å². The van der Waals surface area contributed by atoms with Crippen molar-refractivity contribution in [3.8, 4) is 5.69 Å². The lowest BCUT2D eigenvalue weighted by Gasteiger charge is -2.10. The predicted octanol–water partition coefficient (Wildman–Crippen LogP) is 4.03. The Morgan fingerprint density at radius 2 is 1.70 bits per heavy atom. The third kappa shape index (κ3) is 4.23. The second-order valence-corrected chi connectivity index (χ2v) is 6.09. The van der Waals surface area contributed by atoms with Gasteiger partial charge in [0.15, 0.2) is 6.61 Å². The van der Waals surface area contributed by atoms with Crippen LogP contribution in [0.4, 0.5) is 10.1 Å². The summed E-state index contributed by atoms with van der Waals surface area (Å²) >= 11 is 0. The first-order valence-corrected chi connectivity index (χ1v) is 8.42. The van der Waals surface area contributed by atoms with E-state index in [1.807, 2.05) is 48.7 Å². The van der Waals surface area contributed by atoms with Crippen molar-refractivity contribution in [2.75, 3.05) is 11.9 Å². The fraction of sp³-hybridized carbons (Fsp3) is 0.143. The Labute approximate surface area is 156 Å². The van der Waals surface area contributed by atoms with Gasteiger partial charge in [-0.2, -0.15) is 0 Å². The largest absolute Gasteiger partial charge is 0.452 e. The van der Waals surface area contributed by atoms with Gasteiger partial charge >= 0.3 is 5.97 Å². The standard InChI is InChI=1S/C21H19FN2O3/c1-14-12-19(15(2)24(14)18-6-4-3-5-7-18)21(26)27-13-20(25)23-17-10-8-16(22)9-11-17/h3-12H,13H2,1-2H3,(H,23,25). The van der Waals surface area contributed by atoms with Crippen molar-refractivity contribution < 1.29 is 18.7 Å². The van der Waals surface area contributed by atoms with Crippen LogP contribution >= 0.6 is 0 Å². The van der Waals surface area contributed by atoms with Crippen molar-refractivity contribution in [3.63, 3.8) is 0 Å². The maximum Gasteiger partial charge on any atom is 0.340 e. The van der Waals surface area contributed by atoms with Crippen molar-refractivity contribution in [1.29, 1.82) is 0 Å². The molecule has 0 saturated heterocycles. The third-order valence-electron chi connectivity index (χ3n) is 4.13. The van der Waals surface area contributed by atoms with E-state index in [4.69, 9.17) is 4.74 Å². The number of carbonyl (C=O) groups excluding carboxylic acids is 2. The molecule has 0 radical (unpaired) electrons. The maximum atomic E-state index is 12.9. The van der Waals surface area contributed by atoms with Crippen LogP contribution in [-0.2, 0) is 9.53 Å². The summed E-state index contributed by atoms with van der Waals surface area (Å²) < 4.78 is 20.0. The summed E-state index contributed by atoms with van der Waals surface area (Å²) in [6.45, 7) is 3.30. The Hall–Kier alpha value is -3.41. The van der Waals surface area contributed by atoms with Gasteiger partial charge in [0.25, 0.3) is 5.91 Å². The number of amides is 1. The molecule has 2 aromatic carbocycles. The lowest BCUT2D eigenvalue weighted by atomic mass is 10.2. The number of nitrogens with zero attached hydrogens (tertiary/aromatic N) is 1. The van der Waals surface area contributed by atoms with Crippen molar-refractivity contribution >= 4 is 17.6 Å². The van der Waals surface area contributed by atoms with Gasteiger partial charge in [-0.15, -0.1) is 0 Å². The summed E-state index contributed by atoms with van der Waals surface area (Å²) in [4.78, 5) is 24.3. The number of halogens is 1. The van der Waals surface area contributed by atoms with Gasteiger partial charge in [-0.3, -0.25) is 4.79 Å². The van der Waals surface area contributed by atoms with Crippen LogP contribution < -0.4 is 5.32 Å². The van der Waals surface area contributed by atoms with E-state index in [1.165, 1.54) is 24.3 Å². The molecule has 0 aliphatic heterocycles. The highest BCUT2D eigenvalue weighted by Crippen LogP contribution is 2.21. The van der Waals surface area contributed by atoms with E-state index in [1.54, 1.807) is 6.07 Å². The number of rotatable bonds is 5. The number of anilines is 1. The first kappa shape index (κ1) is 18.4. The summed E-state index contributed by atoms with van der Waals surface area (Å²) in [7, 11) is 0. The second-order valence-electron chi connectivity index (χ2n) is 6.09. The van der Waals surface area contributed by atoms with Gasteiger partial charge < -0.3 is 14.6 Å². The number of benzene rings is 2. The Kier molecular flexibility index (Phi) is 5.35. The highest BCUT2D eigenvalue weighted by molar-refractivity contribution is 5.96. The average Bonchev–Trinajstić information content (AvgIpc) is 2.96. The lowest BCUT2D eigenvalue weighted by molar-refractivity contribution is -0.119. The summed E-state index contributed by atoms with van der Waals surface area (Å²) in [5.74, 6) is -1.46. The minimum absolute atomic E-state index is 0.395. The van der Waals surface area contributed by atoms with E-state index in [0.717, 1.165) is 17.1 Å². The van der Waals surface area contributed by atoms with Gasteiger partial charge in [0.05, 0.1) is 5.56 Å². The number of esters is 1. The van der Waals surface area contributed by atoms with E-state index < -0.39 is 24.3 Å². The Bertz CT molecular complexity index is 963. The summed E-state index contributed by atoms with van der Waals surface area (Å²) in [5, 5.41) is 2.54. The smallest absolute Gasteiger partial charge is 0.340 e. The lowest BCUT2D eigenvalue weighted by Crippen LogP contribution is -2.21. The minimum atomic E-state index is -0.570. The van der Waals surface area contributed by atoms with E-state index >= 15 is 0 Å². The summed E-state index contributed by atoms with van der Waals surface area (Å²) in [5.41, 5.74) is 3.41. The van der Waals surface area contributed by atoms with E-state index in [-0.39, 0.29) is 0 Å². The van der Waals surface area contributed by atoms with Crippen LogP contribution in [0.2, 0.25) is 0 Å². The zero-order valence-corrected chi connectivity index (χ0v) is 15.0. The molecule has 0 bridgehead atoms. The minimum Gasteiger partial charge on any atom is -0.452 e. The van der Waals surface area contributed by atoms with Gasteiger partial charge in [0, 0.05) is 22.8 Å². The van der Waals surface area contributed by atoms with Gasteiger partial charge in [-0.1, -0.05) is 18.2 Å². The first-order chi connectivity index (χ1) is 13.0. The van der Waals surface area contributed by atoms with Crippen LogP contribution in [0.25, 0.3) is 5.69 Å².